The van der Waals surface area contributed by atoms with E-state index in [4.69, 9.17) is 11.6 Å². The highest BCUT2D eigenvalue weighted by atomic mass is 35.5. The molecule has 0 amide bonds. The van der Waals surface area contributed by atoms with E-state index in [0.717, 1.165) is 11.3 Å². The third-order valence-corrected chi connectivity index (χ3v) is 3.22. The summed E-state index contributed by atoms with van der Waals surface area (Å²) in [6, 6.07) is 16.0. The van der Waals surface area contributed by atoms with Crippen LogP contribution in [0.2, 0.25) is 5.02 Å². The number of rotatable bonds is 3. The van der Waals surface area contributed by atoms with Gasteiger partial charge in [0, 0.05) is 17.3 Å². The molecule has 1 heterocycles. The minimum absolute atomic E-state index is 0.0670. The van der Waals surface area contributed by atoms with Gasteiger partial charge in [-0.1, -0.05) is 41.9 Å². The van der Waals surface area contributed by atoms with Crippen molar-refractivity contribution in [3.05, 3.63) is 71.8 Å². The quantitative estimate of drug-likeness (QED) is 0.763. The molecule has 1 N–H and O–H groups in total. The Bertz CT molecular complexity index is 762. The number of hydrogen-bond donors (Lipinski definition) is 1. The molecule has 2 aromatic carbocycles. The van der Waals surface area contributed by atoms with Gasteiger partial charge in [0.2, 0.25) is 0 Å². The molecule has 0 aliphatic carbocycles. The van der Waals surface area contributed by atoms with E-state index >= 15 is 0 Å². The van der Waals surface area contributed by atoms with Crippen molar-refractivity contribution in [2.24, 2.45) is 0 Å². The third kappa shape index (κ3) is 3.17. The van der Waals surface area contributed by atoms with Crippen LogP contribution in [0.3, 0.4) is 0 Å². The van der Waals surface area contributed by atoms with Crippen LogP contribution in [-0.4, -0.2) is 9.97 Å². The van der Waals surface area contributed by atoms with E-state index in [1.54, 1.807) is 6.07 Å². The van der Waals surface area contributed by atoms with Crippen LogP contribution in [0.1, 0.15) is 0 Å². The highest BCUT2D eigenvalue weighted by Gasteiger charge is 2.04. The molecular weight excluding hydrogens is 289 g/mol. The second-order valence-corrected chi connectivity index (χ2v) is 4.82. The number of anilines is 2. The van der Waals surface area contributed by atoms with Gasteiger partial charge in [0.15, 0.2) is 0 Å². The SMILES string of the molecule is Fc1ccc(Nc2cc(-c3ccccc3)ncn2)cc1Cl. The normalized spacial score (nSPS) is 10.4. The van der Waals surface area contributed by atoms with Gasteiger partial charge in [-0.3, -0.25) is 0 Å². The first-order chi connectivity index (χ1) is 10.2. The van der Waals surface area contributed by atoms with Gasteiger partial charge in [0.25, 0.3) is 0 Å². The lowest BCUT2D eigenvalue weighted by Gasteiger charge is -2.07. The molecule has 5 heteroatoms. The lowest BCUT2D eigenvalue weighted by atomic mass is 10.1. The molecule has 1 aromatic heterocycles. The number of hydrogen-bond acceptors (Lipinski definition) is 3. The largest absolute Gasteiger partial charge is 0.340 e. The molecule has 0 saturated heterocycles. The Balaban J connectivity index is 1.88. The summed E-state index contributed by atoms with van der Waals surface area (Å²) in [6.45, 7) is 0. The van der Waals surface area contributed by atoms with E-state index < -0.39 is 5.82 Å². The van der Waals surface area contributed by atoms with E-state index in [-0.39, 0.29) is 5.02 Å². The van der Waals surface area contributed by atoms with Crippen LogP contribution in [0.25, 0.3) is 11.3 Å². The van der Waals surface area contributed by atoms with E-state index in [9.17, 15) is 4.39 Å². The van der Waals surface area contributed by atoms with Gasteiger partial charge in [-0.2, -0.15) is 0 Å². The smallest absolute Gasteiger partial charge is 0.141 e. The van der Waals surface area contributed by atoms with Crippen molar-refractivity contribution in [2.75, 3.05) is 5.32 Å². The zero-order valence-electron chi connectivity index (χ0n) is 10.9. The highest BCUT2D eigenvalue weighted by Crippen LogP contribution is 2.23. The van der Waals surface area contributed by atoms with Gasteiger partial charge >= 0.3 is 0 Å². The van der Waals surface area contributed by atoms with Crippen molar-refractivity contribution in [1.82, 2.24) is 9.97 Å². The summed E-state index contributed by atoms with van der Waals surface area (Å²) in [5, 5.41) is 3.15. The van der Waals surface area contributed by atoms with E-state index in [1.165, 1.54) is 18.5 Å². The molecular formula is C16H11ClFN3. The maximum atomic E-state index is 13.1. The highest BCUT2D eigenvalue weighted by molar-refractivity contribution is 6.31. The maximum Gasteiger partial charge on any atom is 0.141 e. The van der Waals surface area contributed by atoms with Crippen LogP contribution in [0.15, 0.2) is 60.9 Å². The molecule has 0 spiro atoms. The monoisotopic (exact) mass is 299 g/mol. The molecule has 0 unspecified atom stereocenters. The number of aromatic nitrogens is 2. The van der Waals surface area contributed by atoms with Crippen LogP contribution in [-0.2, 0) is 0 Å². The van der Waals surface area contributed by atoms with Crippen molar-refractivity contribution in [1.29, 1.82) is 0 Å². The van der Waals surface area contributed by atoms with E-state index in [0.29, 0.717) is 11.5 Å². The molecule has 0 bridgehead atoms. The summed E-state index contributed by atoms with van der Waals surface area (Å²) in [5.74, 6) is 0.168. The maximum absolute atomic E-state index is 13.1. The van der Waals surface area contributed by atoms with E-state index in [2.05, 4.69) is 15.3 Å². The van der Waals surface area contributed by atoms with Crippen molar-refractivity contribution >= 4 is 23.1 Å². The first-order valence-corrected chi connectivity index (χ1v) is 6.70. The Morgan fingerprint density at radius 1 is 0.952 bits per heavy atom. The molecule has 0 radical (unpaired) electrons. The van der Waals surface area contributed by atoms with Crippen molar-refractivity contribution < 1.29 is 4.39 Å². The Morgan fingerprint density at radius 3 is 2.52 bits per heavy atom. The molecule has 0 saturated carbocycles. The molecule has 104 valence electrons. The van der Waals surface area contributed by atoms with Gasteiger partial charge in [-0.15, -0.1) is 0 Å². The molecule has 3 aromatic rings. The molecule has 0 aliphatic rings. The number of halogens is 2. The molecule has 21 heavy (non-hydrogen) atoms. The molecule has 0 atom stereocenters. The van der Waals surface area contributed by atoms with Gasteiger partial charge < -0.3 is 5.32 Å². The van der Waals surface area contributed by atoms with Crippen LogP contribution >= 0.6 is 11.6 Å². The summed E-state index contributed by atoms with van der Waals surface area (Å²) in [6.07, 6.45) is 1.48. The fourth-order valence-electron chi connectivity index (χ4n) is 1.91. The lowest BCUT2D eigenvalue weighted by molar-refractivity contribution is 0.628. The van der Waals surface area contributed by atoms with Crippen LogP contribution in [0.5, 0.6) is 0 Å². The predicted octanol–water partition coefficient (Wildman–Crippen LogP) is 4.68. The zero-order valence-corrected chi connectivity index (χ0v) is 11.7. The third-order valence-electron chi connectivity index (χ3n) is 2.93. The summed E-state index contributed by atoms with van der Waals surface area (Å²) >= 11 is 5.76. The minimum atomic E-state index is -0.449. The van der Waals surface area contributed by atoms with Crippen molar-refractivity contribution in [2.45, 2.75) is 0 Å². The molecule has 0 fully saturated rings. The topological polar surface area (TPSA) is 37.8 Å². The fourth-order valence-corrected chi connectivity index (χ4v) is 2.09. The summed E-state index contributed by atoms with van der Waals surface area (Å²) in [4.78, 5) is 8.40. The van der Waals surface area contributed by atoms with Crippen molar-refractivity contribution in [3.8, 4) is 11.3 Å². The fraction of sp³-hybridized carbons (Fsp3) is 0. The number of nitrogens with one attached hydrogen (secondary N) is 1. The standard InChI is InChI=1S/C16H11ClFN3/c17-13-8-12(6-7-14(13)18)21-16-9-15(19-10-20-16)11-4-2-1-3-5-11/h1-10H,(H,19,20,21). The Kier molecular flexibility index (Phi) is 3.79. The number of benzene rings is 2. The first kappa shape index (κ1) is 13.5. The average molecular weight is 300 g/mol. The molecule has 3 rings (SSSR count). The predicted molar refractivity (Wildman–Crippen MR) is 82.2 cm³/mol. The molecule has 0 aliphatic heterocycles. The van der Waals surface area contributed by atoms with Gasteiger partial charge in [-0.05, 0) is 18.2 Å². The summed E-state index contributed by atoms with van der Waals surface area (Å²) in [7, 11) is 0. The Labute approximate surface area is 126 Å². The molecule has 3 nitrogen and oxygen atoms in total. The Morgan fingerprint density at radius 2 is 1.76 bits per heavy atom. The van der Waals surface area contributed by atoms with Crippen LogP contribution in [0, 0.1) is 5.82 Å². The minimum Gasteiger partial charge on any atom is -0.340 e. The second kappa shape index (κ2) is 5.89. The van der Waals surface area contributed by atoms with Gasteiger partial charge in [-0.25, -0.2) is 14.4 Å². The van der Waals surface area contributed by atoms with Crippen LogP contribution < -0.4 is 5.32 Å². The van der Waals surface area contributed by atoms with Gasteiger partial charge in [0.1, 0.15) is 18.0 Å². The lowest BCUT2D eigenvalue weighted by Crippen LogP contribution is -1.96. The average Bonchev–Trinajstić information content (AvgIpc) is 2.52. The van der Waals surface area contributed by atoms with Crippen LogP contribution in [0.4, 0.5) is 15.9 Å². The first-order valence-electron chi connectivity index (χ1n) is 6.32. The Hall–Kier alpha value is -2.46. The summed E-state index contributed by atoms with van der Waals surface area (Å²) in [5.41, 5.74) is 2.47. The zero-order chi connectivity index (χ0) is 14.7. The number of nitrogens with zero attached hydrogens (tertiary/aromatic N) is 2. The van der Waals surface area contributed by atoms with Crippen molar-refractivity contribution in [3.63, 3.8) is 0 Å². The van der Waals surface area contributed by atoms with Gasteiger partial charge in [0.05, 0.1) is 10.7 Å². The van der Waals surface area contributed by atoms with E-state index in [1.807, 2.05) is 36.4 Å². The second-order valence-electron chi connectivity index (χ2n) is 4.41. The summed E-state index contributed by atoms with van der Waals surface area (Å²) < 4.78 is 13.1.